The molecule has 0 bridgehead atoms. The Labute approximate surface area is 106 Å². The monoisotopic (exact) mass is 258 g/mol. The van der Waals surface area contributed by atoms with Crippen molar-refractivity contribution in [1.29, 1.82) is 0 Å². The molecule has 0 aliphatic heterocycles. The van der Waals surface area contributed by atoms with E-state index in [2.05, 4.69) is 16.5 Å². The van der Waals surface area contributed by atoms with Gasteiger partial charge in [-0.25, -0.2) is 9.19 Å². The highest BCUT2D eigenvalue weighted by Gasteiger charge is 2.02. The van der Waals surface area contributed by atoms with Gasteiger partial charge in [-0.15, -0.1) is 0 Å². The van der Waals surface area contributed by atoms with Crippen LogP contribution in [0.1, 0.15) is 44.9 Å². The fourth-order valence-corrected chi connectivity index (χ4v) is 2.24. The fraction of sp³-hybridized carbons (Fsp3) is 0.750. The lowest BCUT2D eigenvalue weighted by molar-refractivity contribution is 0.548. The van der Waals surface area contributed by atoms with Gasteiger partial charge >= 0.3 is 0 Å². The maximum atomic E-state index is 10.5. The zero-order chi connectivity index (χ0) is 12.5. The van der Waals surface area contributed by atoms with Gasteiger partial charge in [0.2, 0.25) is 0 Å². The maximum absolute atomic E-state index is 10.5. The minimum absolute atomic E-state index is 0.395. The second-order valence-corrected chi connectivity index (χ2v) is 5.28. The zero-order valence-electron chi connectivity index (χ0n) is 10.5. The first kappa shape index (κ1) is 14.4. The first-order chi connectivity index (χ1) is 8.24. The van der Waals surface area contributed by atoms with Gasteiger partial charge in [-0.1, -0.05) is 19.8 Å². The van der Waals surface area contributed by atoms with Crippen molar-refractivity contribution in [3.8, 4) is 0 Å². The van der Waals surface area contributed by atoms with E-state index in [9.17, 15) is 4.21 Å². The van der Waals surface area contributed by atoms with Gasteiger partial charge in [0.25, 0.3) is 0 Å². The molecule has 0 spiro atoms. The minimum Gasteiger partial charge on any atom is -0.335 e. The largest absolute Gasteiger partial charge is 0.335 e. The highest BCUT2D eigenvalue weighted by Crippen LogP contribution is 2.06. The van der Waals surface area contributed by atoms with Crippen LogP contribution in [0.5, 0.6) is 0 Å². The first-order valence-electron chi connectivity index (χ1n) is 6.31. The van der Waals surface area contributed by atoms with E-state index in [4.69, 9.17) is 4.55 Å². The Morgan fingerprint density at radius 2 is 2.18 bits per heavy atom. The van der Waals surface area contributed by atoms with E-state index in [0.29, 0.717) is 5.75 Å². The van der Waals surface area contributed by atoms with Gasteiger partial charge in [0.15, 0.2) is 11.1 Å². The van der Waals surface area contributed by atoms with Gasteiger partial charge in [-0.3, -0.25) is 0 Å². The molecule has 1 aromatic rings. The molecule has 1 unspecified atom stereocenters. The highest BCUT2D eigenvalue weighted by molar-refractivity contribution is 7.79. The molecule has 1 atom stereocenters. The minimum atomic E-state index is -1.63. The number of aromatic nitrogens is 2. The Balaban J connectivity index is 2.21. The van der Waals surface area contributed by atoms with Crippen LogP contribution >= 0.6 is 0 Å². The Morgan fingerprint density at radius 3 is 2.88 bits per heavy atom. The number of imidazole rings is 1. The maximum Gasteiger partial charge on any atom is 0.152 e. The highest BCUT2D eigenvalue weighted by atomic mass is 32.2. The molecular weight excluding hydrogens is 236 g/mol. The molecule has 0 saturated carbocycles. The number of rotatable bonds is 9. The van der Waals surface area contributed by atoms with Crippen LogP contribution in [-0.2, 0) is 24.0 Å². The molecule has 0 fully saturated rings. The van der Waals surface area contributed by atoms with Crippen molar-refractivity contribution >= 4 is 11.1 Å². The van der Waals surface area contributed by atoms with Gasteiger partial charge < -0.3 is 9.12 Å². The van der Waals surface area contributed by atoms with Crippen molar-refractivity contribution in [3.63, 3.8) is 0 Å². The molecule has 0 aliphatic rings. The predicted molar refractivity (Wildman–Crippen MR) is 70.3 cm³/mol. The molecule has 5 heteroatoms. The summed E-state index contributed by atoms with van der Waals surface area (Å²) < 4.78 is 21.3. The molecular formula is C12H22N2O2S. The summed E-state index contributed by atoms with van der Waals surface area (Å²) in [5, 5.41) is 0. The summed E-state index contributed by atoms with van der Waals surface area (Å²) in [6.07, 6.45) is 10.2. The lowest BCUT2D eigenvalue weighted by atomic mass is 10.2. The van der Waals surface area contributed by atoms with Crippen molar-refractivity contribution in [2.75, 3.05) is 5.75 Å². The molecule has 0 saturated heterocycles. The van der Waals surface area contributed by atoms with Crippen molar-refractivity contribution in [2.45, 2.75) is 52.0 Å². The van der Waals surface area contributed by atoms with E-state index in [1.54, 1.807) is 0 Å². The zero-order valence-corrected chi connectivity index (χ0v) is 11.3. The SMILES string of the molecule is CCCCc1nccn1CCCCCS(=O)O. The number of nitrogens with zero attached hydrogens (tertiary/aromatic N) is 2. The van der Waals surface area contributed by atoms with E-state index in [0.717, 1.165) is 38.1 Å². The van der Waals surface area contributed by atoms with Crippen LogP contribution in [0.25, 0.3) is 0 Å². The quantitative estimate of drug-likeness (QED) is 0.547. The summed E-state index contributed by atoms with van der Waals surface area (Å²) in [5.41, 5.74) is 0. The van der Waals surface area contributed by atoms with Crippen LogP contribution in [-0.4, -0.2) is 24.1 Å². The summed E-state index contributed by atoms with van der Waals surface area (Å²) in [7, 11) is 0. The van der Waals surface area contributed by atoms with Crippen molar-refractivity contribution in [2.24, 2.45) is 0 Å². The van der Waals surface area contributed by atoms with Crippen molar-refractivity contribution in [3.05, 3.63) is 18.2 Å². The Hall–Kier alpha value is -0.680. The molecule has 0 aliphatic carbocycles. The van der Waals surface area contributed by atoms with E-state index in [1.165, 1.54) is 12.8 Å². The molecule has 1 heterocycles. The summed E-state index contributed by atoms with van der Waals surface area (Å²) in [6.45, 7) is 3.15. The first-order valence-corrected chi connectivity index (χ1v) is 7.59. The van der Waals surface area contributed by atoms with Crippen LogP contribution < -0.4 is 0 Å². The molecule has 1 rings (SSSR count). The summed E-state index contributed by atoms with van der Waals surface area (Å²) in [6, 6.07) is 0. The van der Waals surface area contributed by atoms with E-state index in [1.807, 2.05) is 12.4 Å². The van der Waals surface area contributed by atoms with Gasteiger partial charge in [0.05, 0.1) is 0 Å². The standard InChI is InChI=1S/C12H22N2O2S/c1-2-3-7-12-13-8-10-14(12)9-5-4-6-11-17(15)16/h8,10H,2-7,9,11H2,1H3,(H,15,16). The van der Waals surface area contributed by atoms with Gasteiger partial charge in [-0.2, -0.15) is 0 Å². The summed E-state index contributed by atoms with van der Waals surface area (Å²) >= 11 is -1.63. The third-order valence-electron chi connectivity index (χ3n) is 2.77. The van der Waals surface area contributed by atoms with Crippen LogP contribution in [0.15, 0.2) is 12.4 Å². The van der Waals surface area contributed by atoms with Gasteiger partial charge in [0, 0.05) is 31.1 Å². The number of unbranched alkanes of at least 4 members (excludes halogenated alkanes) is 3. The summed E-state index contributed by atoms with van der Waals surface area (Å²) in [5.74, 6) is 1.56. The molecule has 17 heavy (non-hydrogen) atoms. The Bertz CT molecular complexity index is 339. The topological polar surface area (TPSA) is 55.1 Å². The second kappa shape index (κ2) is 8.42. The fourth-order valence-electron chi connectivity index (χ4n) is 1.79. The third kappa shape index (κ3) is 5.98. The average Bonchev–Trinajstić information content (AvgIpc) is 2.73. The molecule has 4 nitrogen and oxygen atoms in total. The molecule has 0 aromatic carbocycles. The molecule has 1 aromatic heterocycles. The normalized spacial score (nSPS) is 12.8. The number of hydrogen-bond donors (Lipinski definition) is 1. The van der Waals surface area contributed by atoms with Crippen LogP contribution in [0.3, 0.4) is 0 Å². The van der Waals surface area contributed by atoms with E-state index in [-0.39, 0.29) is 0 Å². The molecule has 0 amide bonds. The van der Waals surface area contributed by atoms with Crippen LogP contribution in [0, 0.1) is 0 Å². The van der Waals surface area contributed by atoms with Crippen molar-refractivity contribution in [1.82, 2.24) is 9.55 Å². The second-order valence-electron chi connectivity index (χ2n) is 4.23. The smallest absolute Gasteiger partial charge is 0.152 e. The van der Waals surface area contributed by atoms with E-state index >= 15 is 0 Å². The van der Waals surface area contributed by atoms with Crippen LogP contribution in [0.2, 0.25) is 0 Å². The van der Waals surface area contributed by atoms with E-state index < -0.39 is 11.1 Å². The Morgan fingerprint density at radius 1 is 1.35 bits per heavy atom. The summed E-state index contributed by atoms with van der Waals surface area (Å²) in [4.78, 5) is 4.36. The average molecular weight is 258 g/mol. The molecule has 98 valence electrons. The Kier molecular flexibility index (Phi) is 7.12. The van der Waals surface area contributed by atoms with Crippen LogP contribution in [0.4, 0.5) is 0 Å². The lowest BCUT2D eigenvalue weighted by Crippen LogP contribution is -2.04. The number of hydrogen-bond acceptors (Lipinski definition) is 2. The van der Waals surface area contributed by atoms with Gasteiger partial charge in [0.1, 0.15) is 5.82 Å². The molecule has 0 radical (unpaired) electrons. The lowest BCUT2D eigenvalue weighted by Gasteiger charge is -2.07. The third-order valence-corrected chi connectivity index (χ3v) is 3.41. The number of aryl methyl sites for hydroxylation is 2. The molecule has 1 N–H and O–H groups in total. The predicted octanol–water partition coefficient (Wildman–Crippen LogP) is 2.62. The van der Waals surface area contributed by atoms with Gasteiger partial charge in [-0.05, 0) is 19.3 Å². The van der Waals surface area contributed by atoms with Crippen molar-refractivity contribution < 1.29 is 8.76 Å².